The molecular formula is C14H21N3O3. The van der Waals surface area contributed by atoms with E-state index in [-0.39, 0.29) is 11.5 Å². The second kappa shape index (κ2) is 7.07. The molecule has 110 valence electrons. The van der Waals surface area contributed by atoms with Crippen LogP contribution >= 0.6 is 0 Å². The summed E-state index contributed by atoms with van der Waals surface area (Å²) >= 11 is 0. The maximum absolute atomic E-state index is 11.9. The normalized spacial score (nSPS) is 16.6. The van der Waals surface area contributed by atoms with Crippen LogP contribution < -0.4 is 5.32 Å². The number of amides is 1. The van der Waals surface area contributed by atoms with Crippen LogP contribution in [0, 0.1) is 0 Å². The molecule has 0 bridgehead atoms. The summed E-state index contributed by atoms with van der Waals surface area (Å²) in [6.07, 6.45) is 10.1. The van der Waals surface area contributed by atoms with Crippen LogP contribution in [0.15, 0.2) is 12.4 Å². The van der Waals surface area contributed by atoms with Gasteiger partial charge >= 0.3 is 5.97 Å². The van der Waals surface area contributed by atoms with Crippen molar-refractivity contribution in [3.63, 3.8) is 0 Å². The number of nitrogens with zero attached hydrogens (tertiary/aromatic N) is 2. The van der Waals surface area contributed by atoms with E-state index in [2.05, 4.69) is 10.4 Å². The Labute approximate surface area is 118 Å². The Kier molecular flexibility index (Phi) is 5.15. The molecule has 1 amide bonds. The van der Waals surface area contributed by atoms with Crippen molar-refractivity contribution in [2.75, 3.05) is 0 Å². The van der Waals surface area contributed by atoms with E-state index < -0.39 is 5.97 Å². The number of carbonyl (C=O) groups is 2. The van der Waals surface area contributed by atoms with E-state index in [1.165, 1.54) is 42.8 Å². The molecule has 0 aliphatic heterocycles. The number of carbonyl (C=O) groups excluding carboxylic acids is 1. The highest BCUT2D eigenvalue weighted by molar-refractivity contribution is 5.86. The third-order valence-electron chi connectivity index (χ3n) is 3.67. The van der Waals surface area contributed by atoms with Gasteiger partial charge in [-0.05, 0) is 12.8 Å². The summed E-state index contributed by atoms with van der Waals surface area (Å²) in [5.74, 6) is -0.983. The molecule has 1 heterocycles. The largest absolute Gasteiger partial charge is 0.478 e. The molecule has 1 aliphatic rings. The first-order chi connectivity index (χ1) is 9.65. The fourth-order valence-corrected chi connectivity index (χ4v) is 2.54. The second-order valence-electron chi connectivity index (χ2n) is 5.30. The van der Waals surface area contributed by atoms with Gasteiger partial charge in [0.05, 0.1) is 11.8 Å². The van der Waals surface area contributed by atoms with E-state index in [0.717, 1.165) is 12.8 Å². The van der Waals surface area contributed by atoms with E-state index in [1.54, 1.807) is 0 Å². The van der Waals surface area contributed by atoms with Gasteiger partial charge in [-0.1, -0.05) is 25.7 Å². The van der Waals surface area contributed by atoms with Crippen LogP contribution in [0.3, 0.4) is 0 Å². The molecule has 6 nitrogen and oxygen atoms in total. The number of carboxylic acids is 1. The number of aromatic nitrogens is 2. The van der Waals surface area contributed by atoms with Crippen molar-refractivity contribution < 1.29 is 14.7 Å². The van der Waals surface area contributed by atoms with Gasteiger partial charge in [0.1, 0.15) is 0 Å². The van der Waals surface area contributed by atoms with Gasteiger partial charge in [-0.15, -0.1) is 0 Å². The van der Waals surface area contributed by atoms with Crippen molar-refractivity contribution in [3.8, 4) is 0 Å². The Morgan fingerprint density at radius 2 is 2.00 bits per heavy atom. The van der Waals surface area contributed by atoms with Crippen LogP contribution in [0.5, 0.6) is 0 Å². The number of rotatable bonds is 5. The Morgan fingerprint density at radius 3 is 2.60 bits per heavy atom. The molecule has 20 heavy (non-hydrogen) atoms. The number of aryl methyl sites for hydroxylation is 1. The topological polar surface area (TPSA) is 84.2 Å². The van der Waals surface area contributed by atoms with Crippen molar-refractivity contribution in [2.24, 2.45) is 0 Å². The predicted molar refractivity (Wildman–Crippen MR) is 73.4 cm³/mol. The van der Waals surface area contributed by atoms with Crippen molar-refractivity contribution in [3.05, 3.63) is 18.0 Å². The Balaban J connectivity index is 1.74. The lowest BCUT2D eigenvalue weighted by Gasteiger charge is -2.16. The number of aromatic carboxylic acids is 1. The molecule has 2 N–H and O–H groups in total. The fraction of sp³-hybridized carbons (Fsp3) is 0.643. The van der Waals surface area contributed by atoms with Crippen LogP contribution in [0.2, 0.25) is 0 Å². The highest BCUT2D eigenvalue weighted by Crippen LogP contribution is 2.17. The summed E-state index contributed by atoms with van der Waals surface area (Å²) in [4.78, 5) is 22.6. The molecule has 1 saturated carbocycles. The van der Waals surface area contributed by atoms with E-state index in [9.17, 15) is 9.59 Å². The van der Waals surface area contributed by atoms with Crippen LogP contribution in [0.4, 0.5) is 0 Å². The first-order valence-corrected chi connectivity index (χ1v) is 7.20. The van der Waals surface area contributed by atoms with Crippen LogP contribution in [-0.4, -0.2) is 32.8 Å². The molecule has 1 aliphatic carbocycles. The number of hydrogen-bond acceptors (Lipinski definition) is 3. The average Bonchev–Trinajstić information content (AvgIpc) is 2.75. The average molecular weight is 279 g/mol. The summed E-state index contributed by atoms with van der Waals surface area (Å²) in [5.41, 5.74) is 0.147. The van der Waals surface area contributed by atoms with Gasteiger partial charge in [-0.2, -0.15) is 5.10 Å². The standard InChI is InChI=1S/C14H21N3O3/c18-13(16-12-5-3-1-2-4-6-12)7-8-17-10-11(9-15-17)14(19)20/h9-10,12H,1-8H2,(H,16,18)(H,19,20). The Hall–Kier alpha value is -1.85. The number of hydrogen-bond donors (Lipinski definition) is 2. The third-order valence-corrected chi connectivity index (χ3v) is 3.67. The maximum atomic E-state index is 11.9. The lowest BCUT2D eigenvalue weighted by atomic mass is 10.1. The van der Waals surface area contributed by atoms with E-state index in [0.29, 0.717) is 19.0 Å². The molecule has 0 radical (unpaired) electrons. The fourth-order valence-electron chi connectivity index (χ4n) is 2.54. The van der Waals surface area contributed by atoms with Gasteiger partial charge in [0.15, 0.2) is 0 Å². The molecule has 0 atom stereocenters. The van der Waals surface area contributed by atoms with Gasteiger partial charge in [0, 0.05) is 25.2 Å². The SMILES string of the molecule is O=C(CCn1cc(C(=O)O)cn1)NC1CCCCCC1. The summed E-state index contributed by atoms with van der Waals surface area (Å²) in [6, 6.07) is 0.303. The predicted octanol–water partition coefficient (Wildman–Crippen LogP) is 1.81. The minimum Gasteiger partial charge on any atom is -0.478 e. The smallest absolute Gasteiger partial charge is 0.338 e. The zero-order chi connectivity index (χ0) is 14.4. The van der Waals surface area contributed by atoms with Gasteiger partial charge in [-0.3, -0.25) is 9.48 Å². The van der Waals surface area contributed by atoms with Crippen molar-refractivity contribution in [1.29, 1.82) is 0 Å². The molecule has 2 rings (SSSR count). The summed E-state index contributed by atoms with van der Waals surface area (Å²) in [7, 11) is 0. The Morgan fingerprint density at radius 1 is 1.30 bits per heavy atom. The molecule has 0 unspecified atom stereocenters. The molecular weight excluding hydrogens is 258 g/mol. The van der Waals surface area contributed by atoms with Gasteiger partial charge in [0.2, 0.25) is 5.91 Å². The lowest BCUT2D eigenvalue weighted by molar-refractivity contribution is -0.122. The quantitative estimate of drug-likeness (QED) is 0.805. The second-order valence-corrected chi connectivity index (χ2v) is 5.30. The zero-order valence-corrected chi connectivity index (χ0v) is 11.5. The van der Waals surface area contributed by atoms with Crippen LogP contribution in [-0.2, 0) is 11.3 Å². The molecule has 1 fully saturated rings. The highest BCUT2D eigenvalue weighted by Gasteiger charge is 2.14. The van der Waals surface area contributed by atoms with Crippen molar-refractivity contribution >= 4 is 11.9 Å². The van der Waals surface area contributed by atoms with Gasteiger partial charge < -0.3 is 10.4 Å². The van der Waals surface area contributed by atoms with Crippen LogP contribution in [0.25, 0.3) is 0 Å². The van der Waals surface area contributed by atoms with Gasteiger partial charge in [-0.25, -0.2) is 4.79 Å². The molecule has 0 saturated heterocycles. The minimum atomic E-state index is -1.00. The van der Waals surface area contributed by atoms with E-state index in [1.807, 2.05) is 0 Å². The molecule has 1 aromatic heterocycles. The van der Waals surface area contributed by atoms with Crippen molar-refractivity contribution in [2.45, 2.75) is 57.5 Å². The minimum absolute atomic E-state index is 0.0178. The molecule has 6 heteroatoms. The number of carboxylic acid groups (broad SMARTS) is 1. The first-order valence-electron chi connectivity index (χ1n) is 7.20. The molecule has 0 spiro atoms. The Bertz CT molecular complexity index is 462. The highest BCUT2D eigenvalue weighted by atomic mass is 16.4. The third kappa shape index (κ3) is 4.36. The summed E-state index contributed by atoms with van der Waals surface area (Å²) in [6.45, 7) is 0.409. The summed E-state index contributed by atoms with van der Waals surface area (Å²) in [5, 5.41) is 15.8. The monoisotopic (exact) mass is 279 g/mol. The lowest BCUT2D eigenvalue weighted by Crippen LogP contribution is -2.34. The first kappa shape index (κ1) is 14.6. The van der Waals surface area contributed by atoms with Crippen LogP contribution in [0.1, 0.15) is 55.3 Å². The van der Waals surface area contributed by atoms with Crippen molar-refractivity contribution in [1.82, 2.24) is 15.1 Å². The summed E-state index contributed by atoms with van der Waals surface area (Å²) < 4.78 is 1.50. The van der Waals surface area contributed by atoms with Gasteiger partial charge in [0.25, 0.3) is 0 Å². The molecule has 0 aromatic carbocycles. The molecule has 1 aromatic rings. The zero-order valence-electron chi connectivity index (χ0n) is 11.5. The van der Waals surface area contributed by atoms with E-state index >= 15 is 0 Å². The maximum Gasteiger partial charge on any atom is 0.338 e. The number of nitrogens with one attached hydrogen (secondary N) is 1. The van der Waals surface area contributed by atoms with E-state index in [4.69, 9.17) is 5.11 Å².